The molecule has 0 radical (unpaired) electrons. The second-order valence-electron chi connectivity index (χ2n) is 5.10. The summed E-state index contributed by atoms with van der Waals surface area (Å²) in [5.41, 5.74) is 4.99. The molecule has 1 aromatic heterocycles. The molecule has 24 heavy (non-hydrogen) atoms. The first-order valence-electron chi connectivity index (χ1n) is 7.10. The third-order valence-electron chi connectivity index (χ3n) is 3.32. The van der Waals surface area contributed by atoms with Crippen molar-refractivity contribution >= 4 is 46.2 Å². The van der Waals surface area contributed by atoms with E-state index in [4.69, 9.17) is 12.2 Å². The summed E-state index contributed by atoms with van der Waals surface area (Å²) in [5.74, 6) is -0.752. The van der Waals surface area contributed by atoms with E-state index in [9.17, 15) is 9.59 Å². The van der Waals surface area contributed by atoms with Crippen LogP contribution in [0.3, 0.4) is 0 Å². The van der Waals surface area contributed by atoms with Gasteiger partial charge in [-0.25, -0.2) is 0 Å². The second-order valence-corrected chi connectivity index (χ2v) is 6.78. The molecule has 2 aromatic rings. The molecule has 0 aliphatic carbocycles. The molecule has 2 heterocycles. The van der Waals surface area contributed by atoms with Gasteiger partial charge < -0.3 is 0 Å². The Kier molecular flexibility index (Phi) is 4.73. The fraction of sp³-hybridized carbons (Fsp3) is 0.0588. The van der Waals surface area contributed by atoms with Crippen molar-refractivity contribution in [2.45, 2.75) is 6.92 Å². The molecule has 0 bridgehead atoms. The van der Waals surface area contributed by atoms with E-state index in [2.05, 4.69) is 10.4 Å². The highest BCUT2D eigenvalue weighted by atomic mass is 32.2. The van der Waals surface area contributed by atoms with E-state index in [0.29, 0.717) is 14.8 Å². The van der Waals surface area contributed by atoms with Gasteiger partial charge in [0.2, 0.25) is 0 Å². The Morgan fingerprint density at radius 1 is 1.21 bits per heavy atom. The van der Waals surface area contributed by atoms with Gasteiger partial charge >= 0.3 is 0 Å². The van der Waals surface area contributed by atoms with Gasteiger partial charge in [-0.1, -0.05) is 41.6 Å². The third-order valence-corrected chi connectivity index (χ3v) is 4.63. The van der Waals surface area contributed by atoms with Gasteiger partial charge in [0.05, 0.1) is 4.91 Å². The van der Waals surface area contributed by atoms with E-state index in [-0.39, 0.29) is 5.91 Å². The Bertz CT molecular complexity index is 833. The van der Waals surface area contributed by atoms with E-state index in [1.165, 1.54) is 12.4 Å². The molecule has 0 atom stereocenters. The Morgan fingerprint density at radius 2 is 1.88 bits per heavy atom. The summed E-state index contributed by atoms with van der Waals surface area (Å²) in [4.78, 5) is 29.0. The van der Waals surface area contributed by atoms with Crippen LogP contribution in [0.2, 0.25) is 0 Å². The lowest BCUT2D eigenvalue weighted by molar-refractivity contribution is -0.123. The van der Waals surface area contributed by atoms with Gasteiger partial charge in [-0.05, 0) is 42.9 Å². The highest BCUT2D eigenvalue weighted by molar-refractivity contribution is 8.26. The standard InChI is InChI=1S/C17H13N3O2S2/c1-11-2-4-12(5-3-11)10-14-16(22)20(17(23)24-14)19-15(21)13-6-8-18-9-7-13/h2-10H,1H3,(H,19,21)/b14-10-. The first-order chi connectivity index (χ1) is 11.5. The molecule has 5 nitrogen and oxygen atoms in total. The highest BCUT2D eigenvalue weighted by Gasteiger charge is 2.33. The Balaban J connectivity index is 1.77. The van der Waals surface area contributed by atoms with Crippen LogP contribution < -0.4 is 5.43 Å². The number of hydrogen-bond acceptors (Lipinski definition) is 5. The Hall–Kier alpha value is -2.51. The number of rotatable bonds is 3. The van der Waals surface area contributed by atoms with Gasteiger partial charge in [0.25, 0.3) is 11.8 Å². The fourth-order valence-electron chi connectivity index (χ4n) is 2.05. The molecule has 1 saturated heterocycles. The molecule has 1 aromatic carbocycles. The van der Waals surface area contributed by atoms with Crippen LogP contribution in [0.4, 0.5) is 0 Å². The number of aryl methyl sites for hydroxylation is 1. The monoisotopic (exact) mass is 355 g/mol. The lowest BCUT2D eigenvalue weighted by Gasteiger charge is -2.15. The minimum atomic E-state index is -0.412. The van der Waals surface area contributed by atoms with Crippen LogP contribution in [0.5, 0.6) is 0 Å². The van der Waals surface area contributed by atoms with Crippen molar-refractivity contribution in [2.24, 2.45) is 0 Å². The zero-order valence-corrected chi connectivity index (χ0v) is 14.4. The predicted molar refractivity (Wildman–Crippen MR) is 97.9 cm³/mol. The summed E-state index contributed by atoms with van der Waals surface area (Å²) in [7, 11) is 0. The molecular formula is C17H13N3O2S2. The van der Waals surface area contributed by atoms with Crippen molar-refractivity contribution in [3.63, 3.8) is 0 Å². The first-order valence-corrected chi connectivity index (χ1v) is 8.33. The largest absolute Gasteiger partial charge is 0.285 e. The number of carbonyl (C=O) groups excluding carboxylic acids is 2. The number of benzene rings is 1. The molecule has 3 rings (SSSR count). The Morgan fingerprint density at radius 3 is 2.54 bits per heavy atom. The van der Waals surface area contributed by atoms with E-state index in [0.717, 1.165) is 27.9 Å². The SMILES string of the molecule is Cc1ccc(/C=C2\SC(=S)N(NC(=O)c3ccncc3)C2=O)cc1. The van der Waals surface area contributed by atoms with Crippen LogP contribution in [0, 0.1) is 6.92 Å². The summed E-state index contributed by atoms with van der Waals surface area (Å²) in [5, 5.41) is 1.10. The zero-order valence-electron chi connectivity index (χ0n) is 12.7. The third kappa shape index (κ3) is 3.52. The molecule has 7 heteroatoms. The normalized spacial score (nSPS) is 15.9. The van der Waals surface area contributed by atoms with Crippen LogP contribution in [-0.2, 0) is 4.79 Å². The number of thiocarbonyl (C=S) groups is 1. The quantitative estimate of drug-likeness (QED) is 0.677. The minimum absolute atomic E-state index is 0.292. The number of hydrazine groups is 1. The van der Waals surface area contributed by atoms with Crippen LogP contribution >= 0.6 is 24.0 Å². The van der Waals surface area contributed by atoms with Gasteiger partial charge in [0.15, 0.2) is 4.32 Å². The number of aromatic nitrogens is 1. The smallest absolute Gasteiger partial charge is 0.267 e. The summed E-state index contributed by atoms with van der Waals surface area (Å²) in [6.07, 6.45) is 4.78. The number of hydrogen-bond donors (Lipinski definition) is 1. The lowest BCUT2D eigenvalue weighted by Crippen LogP contribution is -2.44. The van der Waals surface area contributed by atoms with Gasteiger partial charge in [-0.15, -0.1) is 0 Å². The number of thioether (sulfide) groups is 1. The number of nitrogens with zero attached hydrogens (tertiary/aromatic N) is 2. The van der Waals surface area contributed by atoms with Crippen molar-refractivity contribution in [3.8, 4) is 0 Å². The number of nitrogens with one attached hydrogen (secondary N) is 1. The van der Waals surface area contributed by atoms with Crippen molar-refractivity contribution in [1.82, 2.24) is 15.4 Å². The molecule has 1 aliphatic rings. The van der Waals surface area contributed by atoms with Gasteiger partial charge in [-0.2, -0.15) is 5.01 Å². The Labute approximate surface area is 148 Å². The summed E-state index contributed by atoms with van der Waals surface area (Å²) >= 11 is 6.36. The number of pyridine rings is 1. The van der Waals surface area contributed by atoms with Crippen molar-refractivity contribution in [3.05, 3.63) is 70.4 Å². The van der Waals surface area contributed by atoms with E-state index in [1.54, 1.807) is 18.2 Å². The fourth-order valence-corrected chi connectivity index (χ4v) is 3.23. The number of carbonyl (C=O) groups is 2. The molecule has 1 aliphatic heterocycles. The van der Waals surface area contributed by atoms with E-state index in [1.807, 2.05) is 31.2 Å². The van der Waals surface area contributed by atoms with Gasteiger partial charge in [-0.3, -0.25) is 20.0 Å². The van der Waals surface area contributed by atoms with Crippen LogP contribution in [0.25, 0.3) is 6.08 Å². The summed E-state index contributed by atoms with van der Waals surface area (Å²) < 4.78 is 0.292. The minimum Gasteiger partial charge on any atom is -0.267 e. The average Bonchev–Trinajstić information content (AvgIpc) is 2.85. The van der Waals surface area contributed by atoms with Crippen LogP contribution in [-0.4, -0.2) is 26.1 Å². The number of amides is 2. The van der Waals surface area contributed by atoms with Crippen LogP contribution in [0.15, 0.2) is 53.7 Å². The van der Waals surface area contributed by atoms with Crippen molar-refractivity contribution in [1.29, 1.82) is 0 Å². The average molecular weight is 355 g/mol. The van der Waals surface area contributed by atoms with E-state index >= 15 is 0 Å². The molecule has 0 spiro atoms. The lowest BCUT2D eigenvalue weighted by atomic mass is 10.1. The van der Waals surface area contributed by atoms with Gasteiger partial charge in [0, 0.05) is 18.0 Å². The molecule has 120 valence electrons. The zero-order chi connectivity index (χ0) is 17.1. The van der Waals surface area contributed by atoms with Crippen LogP contribution in [0.1, 0.15) is 21.5 Å². The molecule has 0 unspecified atom stereocenters. The molecular weight excluding hydrogens is 342 g/mol. The van der Waals surface area contributed by atoms with Crippen molar-refractivity contribution in [2.75, 3.05) is 0 Å². The topological polar surface area (TPSA) is 62.3 Å². The summed E-state index contributed by atoms with van der Waals surface area (Å²) in [6, 6.07) is 10.9. The van der Waals surface area contributed by atoms with Gasteiger partial charge in [0.1, 0.15) is 0 Å². The molecule has 0 saturated carbocycles. The predicted octanol–water partition coefficient (Wildman–Crippen LogP) is 2.94. The van der Waals surface area contributed by atoms with Crippen molar-refractivity contribution < 1.29 is 9.59 Å². The second kappa shape index (κ2) is 6.94. The molecule has 1 N–H and O–H groups in total. The maximum absolute atomic E-state index is 12.5. The maximum atomic E-state index is 12.5. The summed E-state index contributed by atoms with van der Waals surface area (Å²) in [6.45, 7) is 2.00. The maximum Gasteiger partial charge on any atom is 0.285 e. The molecule has 2 amide bonds. The highest BCUT2D eigenvalue weighted by Crippen LogP contribution is 2.31. The van der Waals surface area contributed by atoms with E-state index < -0.39 is 5.91 Å². The first kappa shape index (κ1) is 16.4. The molecule has 1 fully saturated rings.